The van der Waals surface area contributed by atoms with Crippen molar-refractivity contribution in [3.63, 3.8) is 0 Å². The lowest BCUT2D eigenvalue weighted by Crippen LogP contribution is -2.37. The van der Waals surface area contributed by atoms with Gasteiger partial charge in [0, 0.05) is 20.3 Å². The number of methoxy groups -OCH3 is 1. The second-order valence-electron chi connectivity index (χ2n) is 4.18. The summed E-state index contributed by atoms with van der Waals surface area (Å²) in [4.78, 5) is 10.6. The Bertz CT molecular complexity index is 202. The van der Waals surface area contributed by atoms with E-state index < -0.39 is 12.0 Å². The number of carbonyl (C=O) groups is 1. The summed E-state index contributed by atoms with van der Waals surface area (Å²) in [7, 11) is 1.70. The Morgan fingerprint density at radius 1 is 1.64 bits per heavy atom. The summed E-state index contributed by atoms with van der Waals surface area (Å²) >= 11 is 0. The minimum absolute atomic E-state index is 0.319. The van der Waals surface area contributed by atoms with Gasteiger partial charge in [-0.05, 0) is 31.6 Å². The Balaban J connectivity index is 2.20. The molecular formula is C10H19NO3. The summed E-state index contributed by atoms with van der Waals surface area (Å²) in [5.74, 6) is -0.785. The van der Waals surface area contributed by atoms with Crippen LogP contribution in [0.5, 0.6) is 0 Å². The first-order valence-electron chi connectivity index (χ1n) is 5.05. The number of carboxylic acid groups (broad SMARTS) is 1. The largest absolute Gasteiger partial charge is 0.480 e. The third-order valence-electron chi connectivity index (χ3n) is 2.95. The fraction of sp³-hybridized carbons (Fsp3) is 0.900. The van der Waals surface area contributed by atoms with Gasteiger partial charge in [-0.3, -0.25) is 4.79 Å². The molecule has 4 nitrogen and oxygen atoms in total. The van der Waals surface area contributed by atoms with Gasteiger partial charge in [0.15, 0.2) is 0 Å². The van der Waals surface area contributed by atoms with E-state index in [4.69, 9.17) is 9.84 Å². The van der Waals surface area contributed by atoms with Gasteiger partial charge in [0.1, 0.15) is 6.04 Å². The van der Waals surface area contributed by atoms with Crippen molar-refractivity contribution in [2.45, 2.75) is 32.2 Å². The maximum absolute atomic E-state index is 10.6. The van der Waals surface area contributed by atoms with Crippen molar-refractivity contribution in [1.82, 2.24) is 5.32 Å². The minimum atomic E-state index is -0.785. The van der Waals surface area contributed by atoms with Crippen molar-refractivity contribution < 1.29 is 14.6 Å². The van der Waals surface area contributed by atoms with Gasteiger partial charge in [-0.2, -0.15) is 0 Å². The SMILES string of the molecule is COCCC1(CNC(C)C(=O)O)CC1. The van der Waals surface area contributed by atoms with E-state index in [9.17, 15) is 4.79 Å². The molecule has 0 aromatic carbocycles. The lowest BCUT2D eigenvalue weighted by Gasteiger charge is -2.17. The molecule has 1 atom stereocenters. The highest BCUT2D eigenvalue weighted by Gasteiger charge is 2.41. The molecule has 14 heavy (non-hydrogen) atoms. The molecule has 0 bridgehead atoms. The van der Waals surface area contributed by atoms with Crippen molar-refractivity contribution in [3.05, 3.63) is 0 Å². The third kappa shape index (κ3) is 3.27. The first kappa shape index (κ1) is 11.5. The number of aliphatic carboxylic acids is 1. The van der Waals surface area contributed by atoms with Crippen molar-refractivity contribution in [2.24, 2.45) is 5.41 Å². The van der Waals surface area contributed by atoms with Crippen molar-refractivity contribution >= 4 is 5.97 Å². The van der Waals surface area contributed by atoms with E-state index in [0.717, 1.165) is 19.6 Å². The summed E-state index contributed by atoms with van der Waals surface area (Å²) in [5.41, 5.74) is 0.319. The molecule has 1 rings (SSSR count). The monoisotopic (exact) mass is 201 g/mol. The van der Waals surface area contributed by atoms with Gasteiger partial charge in [-0.25, -0.2) is 0 Å². The molecule has 0 amide bonds. The number of ether oxygens (including phenoxy) is 1. The van der Waals surface area contributed by atoms with Gasteiger partial charge >= 0.3 is 5.97 Å². The quantitative estimate of drug-likeness (QED) is 0.641. The number of hydrogen-bond acceptors (Lipinski definition) is 3. The van der Waals surface area contributed by atoms with E-state index in [1.807, 2.05) is 0 Å². The summed E-state index contributed by atoms with van der Waals surface area (Å²) in [6, 6.07) is -0.449. The molecule has 0 radical (unpaired) electrons. The lowest BCUT2D eigenvalue weighted by molar-refractivity contribution is -0.139. The van der Waals surface area contributed by atoms with Gasteiger partial charge in [0.2, 0.25) is 0 Å². The maximum atomic E-state index is 10.6. The highest BCUT2D eigenvalue weighted by Crippen LogP contribution is 2.48. The number of rotatable bonds is 7. The van der Waals surface area contributed by atoms with Crippen LogP contribution in [-0.2, 0) is 9.53 Å². The van der Waals surface area contributed by atoms with Crippen LogP contribution in [0.1, 0.15) is 26.2 Å². The highest BCUT2D eigenvalue weighted by molar-refractivity contribution is 5.72. The van der Waals surface area contributed by atoms with Crippen LogP contribution in [0, 0.1) is 5.41 Å². The Morgan fingerprint density at radius 3 is 2.71 bits per heavy atom. The standard InChI is InChI=1S/C10H19NO3/c1-8(9(12)13)11-7-10(3-4-10)5-6-14-2/h8,11H,3-7H2,1-2H3,(H,12,13). The van der Waals surface area contributed by atoms with Crippen LogP contribution in [0.4, 0.5) is 0 Å². The van der Waals surface area contributed by atoms with Crippen molar-refractivity contribution in [2.75, 3.05) is 20.3 Å². The zero-order valence-electron chi connectivity index (χ0n) is 8.88. The Morgan fingerprint density at radius 2 is 2.29 bits per heavy atom. The fourth-order valence-electron chi connectivity index (χ4n) is 1.47. The molecule has 2 N–H and O–H groups in total. The van der Waals surface area contributed by atoms with E-state index in [2.05, 4.69) is 5.32 Å². The van der Waals surface area contributed by atoms with E-state index in [-0.39, 0.29) is 0 Å². The van der Waals surface area contributed by atoms with E-state index in [1.54, 1.807) is 14.0 Å². The van der Waals surface area contributed by atoms with Crippen LogP contribution in [0.3, 0.4) is 0 Å². The van der Waals surface area contributed by atoms with E-state index >= 15 is 0 Å². The molecule has 0 aromatic rings. The summed E-state index contributed by atoms with van der Waals surface area (Å²) < 4.78 is 5.03. The van der Waals surface area contributed by atoms with Crippen molar-refractivity contribution in [1.29, 1.82) is 0 Å². The summed E-state index contributed by atoms with van der Waals surface area (Å²) in [5, 5.41) is 11.7. The second-order valence-corrected chi connectivity index (χ2v) is 4.18. The molecule has 1 unspecified atom stereocenters. The number of hydrogen-bond donors (Lipinski definition) is 2. The van der Waals surface area contributed by atoms with Crippen LogP contribution in [0.25, 0.3) is 0 Å². The topological polar surface area (TPSA) is 58.6 Å². The molecule has 0 aliphatic heterocycles. The third-order valence-corrected chi connectivity index (χ3v) is 2.95. The first-order chi connectivity index (χ1) is 6.59. The van der Waals surface area contributed by atoms with Crippen LogP contribution in [0.2, 0.25) is 0 Å². The van der Waals surface area contributed by atoms with Gasteiger partial charge in [0.25, 0.3) is 0 Å². The fourth-order valence-corrected chi connectivity index (χ4v) is 1.47. The second kappa shape index (κ2) is 4.75. The van der Waals surface area contributed by atoms with Crippen LogP contribution in [0.15, 0.2) is 0 Å². The van der Waals surface area contributed by atoms with Gasteiger partial charge in [0.05, 0.1) is 0 Å². The first-order valence-corrected chi connectivity index (χ1v) is 5.05. The van der Waals surface area contributed by atoms with Gasteiger partial charge in [-0.15, -0.1) is 0 Å². The molecule has 0 heterocycles. The van der Waals surface area contributed by atoms with Gasteiger partial charge < -0.3 is 15.2 Å². The Labute approximate surface area is 84.6 Å². The zero-order valence-corrected chi connectivity index (χ0v) is 8.88. The highest BCUT2D eigenvalue weighted by atomic mass is 16.5. The smallest absolute Gasteiger partial charge is 0.320 e. The number of carboxylic acids is 1. The maximum Gasteiger partial charge on any atom is 0.320 e. The molecule has 1 saturated carbocycles. The average Bonchev–Trinajstić information content (AvgIpc) is 2.92. The zero-order chi connectivity index (χ0) is 10.6. The molecule has 4 heteroatoms. The normalized spacial score (nSPS) is 20.4. The predicted octanol–water partition coefficient (Wildman–Crippen LogP) is 0.866. The molecule has 1 aliphatic carbocycles. The molecular weight excluding hydrogens is 182 g/mol. The average molecular weight is 201 g/mol. The predicted molar refractivity (Wildman–Crippen MR) is 53.3 cm³/mol. The molecule has 82 valence electrons. The molecule has 0 spiro atoms. The lowest BCUT2D eigenvalue weighted by atomic mass is 10.0. The van der Waals surface area contributed by atoms with Crippen LogP contribution < -0.4 is 5.32 Å². The summed E-state index contributed by atoms with van der Waals surface area (Å²) in [6.45, 7) is 3.24. The molecule has 0 saturated heterocycles. The Hall–Kier alpha value is -0.610. The summed E-state index contributed by atoms with van der Waals surface area (Å²) in [6.07, 6.45) is 3.41. The van der Waals surface area contributed by atoms with Crippen LogP contribution in [-0.4, -0.2) is 37.4 Å². The Kier molecular flexibility index (Phi) is 3.89. The molecule has 1 fully saturated rings. The minimum Gasteiger partial charge on any atom is -0.480 e. The molecule has 1 aliphatic rings. The van der Waals surface area contributed by atoms with E-state index in [0.29, 0.717) is 5.41 Å². The van der Waals surface area contributed by atoms with Gasteiger partial charge in [-0.1, -0.05) is 0 Å². The molecule has 0 aromatic heterocycles. The number of nitrogens with one attached hydrogen (secondary N) is 1. The van der Waals surface area contributed by atoms with Crippen molar-refractivity contribution in [3.8, 4) is 0 Å². The van der Waals surface area contributed by atoms with E-state index in [1.165, 1.54) is 12.8 Å². The van der Waals surface area contributed by atoms with Crippen LogP contribution >= 0.6 is 0 Å².